The molecule has 0 atom stereocenters. The summed E-state index contributed by atoms with van der Waals surface area (Å²) in [5, 5.41) is 0. The first-order valence-electron chi connectivity index (χ1n) is 7.91. The standard InChI is InChI=1S/C17H25BO6/c1-8-11-9-17(13(19)21-6,14(20)22-7)10-12(11)18-23-15(2,3)16(4,5)24-18/h8H,1,9-10H2,2-7H3. The van der Waals surface area contributed by atoms with Crippen LogP contribution in [0.2, 0.25) is 0 Å². The minimum absolute atomic E-state index is 0.129. The van der Waals surface area contributed by atoms with Gasteiger partial charge in [-0.05, 0) is 46.0 Å². The number of carbonyl (C=O) groups is 2. The topological polar surface area (TPSA) is 71.1 Å². The number of ether oxygens (including phenoxy) is 2. The number of hydrogen-bond acceptors (Lipinski definition) is 6. The molecule has 0 amide bonds. The monoisotopic (exact) mass is 336 g/mol. The third-order valence-electron chi connectivity index (χ3n) is 5.33. The number of rotatable bonds is 4. The van der Waals surface area contributed by atoms with Crippen LogP contribution in [0.15, 0.2) is 23.7 Å². The molecule has 0 aromatic heterocycles. The van der Waals surface area contributed by atoms with E-state index in [4.69, 9.17) is 18.8 Å². The highest BCUT2D eigenvalue weighted by molar-refractivity contribution is 6.55. The summed E-state index contributed by atoms with van der Waals surface area (Å²) in [7, 11) is 1.88. The fourth-order valence-corrected chi connectivity index (χ4v) is 3.13. The van der Waals surface area contributed by atoms with E-state index in [1.807, 2.05) is 27.7 Å². The molecule has 0 unspecified atom stereocenters. The van der Waals surface area contributed by atoms with Crippen molar-refractivity contribution in [3.05, 3.63) is 23.7 Å². The Balaban J connectivity index is 2.39. The van der Waals surface area contributed by atoms with Gasteiger partial charge in [0.1, 0.15) is 0 Å². The van der Waals surface area contributed by atoms with Crippen LogP contribution in [0.25, 0.3) is 0 Å². The molecule has 1 aliphatic carbocycles. The molecule has 1 saturated heterocycles. The van der Waals surface area contributed by atoms with E-state index in [9.17, 15) is 9.59 Å². The zero-order valence-electron chi connectivity index (χ0n) is 15.2. The number of methoxy groups -OCH3 is 2. The lowest BCUT2D eigenvalue weighted by Crippen LogP contribution is -2.41. The molecule has 0 saturated carbocycles. The fourth-order valence-electron chi connectivity index (χ4n) is 3.13. The van der Waals surface area contributed by atoms with Crippen molar-refractivity contribution in [2.24, 2.45) is 5.41 Å². The number of esters is 2. The van der Waals surface area contributed by atoms with Crippen molar-refractivity contribution in [2.45, 2.75) is 51.7 Å². The summed E-state index contributed by atoms with van der Waals surface area (Å²) in [6.07, 6.45) is 1.92. The van der Waals surface area contributed by atoms with E-state index in [0.717, 1.165) is 11.0 Å². The fraction of sp³-hybridized carbons (Fsp3) is 0.647. The van der Waals surface area contributed by atoms with Gasteiger partial charge in [0.15, 0.2) is 5.41 Å². The molecule has 7 heteroatoms. The van der Waals surface area contributed by atoms with Crippen molar-refractivity contribution in [3.8, 4) is 0 Å². The van der Waals surface area contributed by atoms with Crippen molar-refractivity contribution < 1.29 is 28.4 Å². The van der Waals surface area contributed by atoms with Gasteiger partial charge in [0.25, 0.3) is 0 Å². The maximum absolute atomic E-state index is 12.3. The van der Waals surface area contributed by atoms with E-state index < -0.39 is 35.7 Å². The lowest BCUT2D eigenvalue weighted by atomic mass is 9.72. The summed E-state index contributed by atoms with van der Waals surface area (Å²) in [6, 6.07) is 0. The molecule has 0 bridgehead atoms. The molecule has 132 valence electrons. The SMILES string of the molecule is C=CC1=C(B2OC(C)(C)C(C)(C)O2)CC(C(=O)OC)(C(=O)OC)C1. The first-order valence-corrected chi connectivity index (χ1v) is 7.91. The summed E-state index contributed by atoms with van der Waals surface area (Å²) in [6.45, 7) is 11.6. The molecule has 6 nitrogen and oxygen atoms in total. The largest absolute Gasteiger partial charge is 0.490 e. The minimum atomic E-state index is -1.41. The normalized spacial score (nSPS) is 24.0. The Hall–Kier alpha value is -1.60. The Labute approximate surface area is 143 Å². The van der Waals surface area contributed by atoms with Crippen LogP contribution in [0.5, 0.6) is 0 Å². The van der Waals surface area contributed by atoms with E-state index in [1.54, 1.807) is 6.08 Å². The first-order chi connectivity index (χ1) is 11.0. The molecule has 1 fully saturated rings. The third-order valence-corrected chi connectivity index (χ3v) is 5.33. The summed E-state index contributed by atoms with van der Waals surface area (Å²) in [5.74, 6) is -1.25. The van der Waals surface area contributed by atoms with Gasteiger partial charge in [0, 0.05) is 0 Å². The highest BCUT2D eigenvalue weighted by Crippen LogP contribution is 2.49. The first kappa shape index (κ1) is 18.7. The second-order valence-electron chi connectivity index (χ2n) is 7.26. The van der Waals surface area contributed by atoms with E-state index in [2.05, 4.69) is 6.58 Å². The maximum Gasteiger partial charge on any atom is 0.490 e. The predicted octanol–water partition coefficient (Wildman–Crippen LogP) is 2.23. The van der Waals surface area contributed by atoms with Crippen LogP contribution < -0.4 is 0 Å². The molecule has 0 aromatic carbocycles. The van der Waals surface area contributed by atoms with E-state index in [1.165, 1.54) is 14.2 Å². The molecule has 0 radical (unpaired) electrons. The van der Waals surface area contributed by atoms with Gasteiger partial charge >= 0.3 is 19.1 Å². The lowest BCUT2D eigenvalue weighted by Gasteiger charge is -2.32. The van der Waals surface area contributed by atoms with E-state index >= 15 is 0 Å². The molecule has 1 aliphatic heterocycles. The number of carbonyl (C=O) groups excluding carboxylic acids is 2. The van der Waals surface area contributed by atoms with Gasteiger partial charge in [-0.1, -0.05) is 18.2 Å². The molecular weight excluding hydrogens is 311 g/mol. The molecule has 0 aromatic rings. The van der Waals surface area contributed by atoms with Gasteiger partial charge in [-0.25, -0.2) is 0 Å². The van der Waals surface area contributed by atoms with E-state index in [-0.39, 0.29) is 12.8 Å². The highest BCUT2D eigenvalue weighted by atomic mass is 16.7. The van der Waals surface area contributed by atoms with Crippen LogP contribution >= 0.6 is 0 Å². The Kier molecular flexibility index (Phi) is 4.72. The maximum atomic E-state index is 12.3. The van der Waals surface area contributed by atoms with Gasteiger partial charge in [-0.15, -0.1) is 0 Å². The Morgan fingerprint density at radius 1 is 1.04 bits per heavy atom. The van der Waals surface area contributed by atoms with Crippen LogP contribution in [0.1, 0.15) is 40.5 Å². The second-order valence-corrected chi connectivity index (χ2v) is 7.26. The summed E-state index contributed by atoms with van der Waals surface area (Å²) in [5.41, 5.74) is -0.951. The minimum Gasteiger partial charge on any atom is -0.468 e. The zero-order valence-corrected chi connectivity index (χ0v) is 15.2. The summed E-state index contributed by atoms with van der Waals surface area (Å²) >= 11 is 0. The van der Waals surface area contributed by atoms with Gasteiger partial charge in [-0.3, -0.25) is 9.59 Å². The molecule has 0 N–H and O–H groups in total. The Morgan fingerprint density at radius 2 is 1.50 bits per heavy atom. The second kappa shape index (κ2) is 6.04. The Morgan fingerprint density at radius 3 is 1.88 bits per heavy atom. The van der Waals surface area contributed by atoms with Gasteiger partial charge < -0.3 is 18.8 Å². The van der Waals surface area contributed by atoms with Crippen molar-refractivity contribution in [1.29, 1.82) is 0 Å². The van der Waals surface area contributed by atoms with Crippen molar-refractivity contribution in [3.63, 3.8) is 0 Å². The Bertz CT molecular complexity index is 572. The average molecular weight is 336 g/mol. The highest BCUT2D eigenvalue weighted by Gasteiger charge is 2.59. The molecule has 2 aliphatic rings. The van der Waals surface area contributed by atoms with Crippen LogP contribution in [-0.2, 0) is 28.4 Å². The zero-order chi connectivity index (χ0) is 18.3. The predicted molar refractivity (Wildman–Crippen MR) is 89.0 cm³/mol. The van der Waals surface area contributed by atoms with Crippen LogP contribution in [0.4, 0.5) is 0 Å². The summed E-state index contributed by atoms with van der Waals surface area (Å²) in [4.78, 5) is 24.7. The van der Waals surface area contributed by atoms with Crippen molar-refractivity contribution in [1.82, 2.24) is 0 Å². The number of allylic oxidation sites excluding steroid dienone is 3. The summed E-state index contributed by atoms with van der Waals surface area (Å²) < 4.78 is 21.9. The average Bonchev–Trinajstić information content (AvgIpc) is 3.02. The van der Waals surface area contributed by atoms with Crippen LogP contribution in [0, 0.1) is 5.41 Å². The molecule has 1 heterocycles. The quantitative estimate of drug-likeness (QED) is 0.445. The smallest absolute Gasteiger partial charge is 0.468 e. The van der Waals surface area contributed by atoms with Crippen LogP contribution in [-0.4, -0.2) is 44.5 Å². The number of hydrogen-bond donors (Lipinski definition) is 0. The van der Waals surface area contributed by atoms with Crippen LogP contribution in [0.3, 0.4) is 0 Å². The van der Waals surface area contributed by atoms with Crippen molar-refractivity contribution >= 4 is 19.1 Å². The van der Waals surface area contributed by atoms with Gasteiger partial charge in [0.2, 0.25) is 0 Å². The molecular formula is C17H25BO6. The van der Waals surface area contributed by atoms with Crippen molar-refractivity contribution in [2.75, 3.05) is 14.2 Å². The van der Waals surface area contributed by atoms with Gasteiger partial charge in [0.05, 0.1) is 25.4 Å². The molecule has 2 rings (SSSR count). The lowest BCUT2D eigenvalue weighted by molar-refractivity contribution is -0.168. The van der Waals surface area contributed by atoms with Gasteiger partial charge in [-0.2, -0.15) is 0 Å². The molecule has 0 spiro atoms. The van der Waals surface area contributed by atoms with E-state index in [0.29, 0.717) is 0 Å². The molecule has 24 heavy (non-hydrogen) atoms. The third kappa shape index (κ3) is 2.69.